The highest BCUT2D eigenvalue weighted by molar-refractivity contribution is 5.90. The molecule has 3 rings (SSSR count). The molecule has 0 saturated heterocycles. The van der Waals surface area contributed by atoms with Crippen molar-refractivity contribution in [1.82, 2.24) is 20.3 Å². The summed E-state index contributed by atoms with van der Waals surface area (Å²) in [7, 11) is 0. The number of anilines is 3. The number of aromatic nitrogens is 4. The van der Waals surface area contributed by atoms with Gasteiger partial charge in [0.05, 0.1) is 12.2 Å². The van der Waals surface area contributed by atoms with Gasteiger partial charge in [-0.25, -0.2) is 19.4 Å². The summed E-state index contributed by atoms with van der Waals surface area (Å²) in [6.07, 6.45) is 0. The lowest BCUT2D eigenvalue weighted by Crippen LogP contribution is -2.24. The molecule has 26 heavy (non-hydrogen) atoms. The van der Waals surface area contributed by atoms with E-state index in [1.807, 2.05) is 13.8 Å². The Morgan fingerprint density at radius 3 is 2.35 bits per heavy atom. The van der Waals surface area contributed by atoms with Gasteiger partial charge >= 0.3 is 5.97 Å². The van der Waals surface area contributed by atoms with Gasteiger partial charge in [-0.15, -0.1) is 0 Å². The van der Waals surface area contributed by atoms with Crippen molar-refractivity contribution in [1.29, 1.82) is 0 Å². The van der Waals surface area contributed by atoms with Crippen LogP contribution in [0.4, 0.5) is 17.3 Å². The van der Waals surface area contributed by atoms with Crippen LogP contribution in [0.5, 0.6) is 0 Å². The molecular formula is C17H20N6O3. The van der Waals surface area contributed by atoms with E-state index in [1.165, 1.54) is 0 Å². The summed E-state index contributed by atoms with van der Waals surface area (Å²) in [4.78, 5) is 22.8. The number of ether oxygens (including phenoxy) is 1. The molecule has 0 spiro atoms. The van der Waals surface area contributed by atoms with Crippen molar-refractivity contribution in [2.24, 2.45) is 0 Å². The molecule has 0 aliphatic heterocycles. The van der Waals surface area contributed by atoms with Crippen molar-refractivity contribution in [3.05, 3.63) is 29.8 Å². The lowest BCUT2D eigenvalue weighted by molar-refractivity contribution is 0.0526. The molecular weight excluding hydrogens is 336 g/mol. The molecule has 2 heterocycles. The smallest absolute Gasteiger partial charge is 0.338 e. The Morgan fingerprint density at radius 2 is 1.73 bits per heavy atom. The normalized spacial score (nSPS) is 10.7. The Kier molecular flexibility index (Phi) is 5.26. The molecule has 0 bridgehead atoms. The summed E-state index contributed by atoms with van der Waals surface area (Å²) < 4.78 is 9.71. The van der Waals surface area contributed by atoms with Crippen LogP contribution in [0.3, 0.4) is 0 Å². The first-order valence-corrected chi connectivity index (χ1v) is 8.45. The Morgan fingerprint density at radius 1 is 1.08 bits per heavy atom. The van der Waals surface area contributed by atoms with Gasteiger partial charge in [0.25, 0.3) is 0 Å². The zero-order valence-electron chi connectivity index (χ0n) is 14.9. The van der Waals surface area contributed by atoms with Gasteiger partial charge in [0.15, 0.2) is 11.6 Å². The number of benzene rings is 1. The van der Waals surface area contributed by atoms with E-state index in [4.69, 9.17) is 9.37 Å². The summed E-state index contributed by atoms with van der Waals surface area (Å²) in [6.45, 7) is 7.71. The fourth-order valence-corrected chi connectivity index (χ4v) is 2.50. The van der Waals surface area contributed by atoms with E-state index in [1.54, 1.807) is 31.2 Å². The van der Waals surface area contributed by atoms with Gasteiger partial charge in [0.2, 0.25) is 11.3 Å². The second kappa shape index (κ2) is 7.77. The first-order valence-electron chi connectivity index (χ1n) is 8.45. The van der Waals surface area contributed by atoms with E-state index in [0.29, 0.717) is 35.1 Å². The minimum Gasteiger partial charge on any atom is -0.462 e. The number of hydrogen-bond donors (Lipinski definition) is 1. The molecule has 0 amide bonds. The lowest BCUT2D eigenvalue weighted by atomic mass is 10.2. The van der Waals surface area contributed by atoms with Crippen LogP contribution in [-0.2, 0) is 4.74 Å². The Hall–Kier alpha value is -3.23. The highest BCUT2D eigenvalue weighted by Crippen LogP contribution is 2.27. The van der Waals surface area contributed by atoms with Crippen molar-refractivity contribution in [3.8, 4) is 0 Å². The third-order valence-electron chi connectivity index (χ3n) is 3.82. The predicted octanol–water partition coefficient (Wildman–Crippen LogP) is 2.78. The van der Waals surface area contributed by atoms with Gasteiger partial charge < -0.3 is 15.0 Å². The Bertz CT molecular complexity index is 889. The first kappa shape index (κ1) is 17.6. The molecule has 9 nitrogen and oxygen atoms in total. The Balaban J connectivity index is 1.91. The molecule has 2 aromatic heterocycles. The highest BCUT2D eigenvalue weighted by atomic mass is 16.6. The molecule has 0 fully saturated rings. The molecule has 136 valence electrons. The number of hydrogen-bond acceptors (Lipinski definition) is 9. The number of fused-ring (bicyclic) bond motifs is 1. The van der Waals surface area contributed by atoms with Crippen LogP contribution in [0.15, 0.2) is 28.9 Å². The number of rotatable bonds is 7. The van der Waals surface area contributed by atoms with Crippen LogP contribution < -0.4 is 10.2 Å². The zero-order valence-corrected chi connectivity index (χ0v) is 14.9. The summed E-state index contributed by atoms with van der Waals surface area (Å²) in [6, 6.07) is 6.96. The Labute approximate surface area is 150 Å². The first-order chi connectivity index (χ1) is 12.7. The van der Waals surface area contributed by atoms with Gasteiger partial charge in [0.1, 0.15) is 0 Å². The molecule has 1 aromatic carbocycles. The van der Waals surface area contributed by atoms with E-state index >= 15 is 0 Å². The monoisotopic (exact) mass is 356 g/mol. The minimum atomic E-state index is -0.349. The van der Waals surface area contributed by atoms with Crippen LogP contribution in [0.25, 0.3) is 11.3 Å². The number of esters is 1. The molecule has 9 heteroatoms. The van der Waals surface area contributed by atoms with Crippen LogP contribution in [0.1, 0.15) is 31.1 Å². The summed E-state index contributed by atoms with van der Waals surface area (Å²) in [5.41, 5.74) is 1.93. The fourth-order valence-electron chi connectivity index (χ4n) is 2.50. The van der Waals surface area contributed by atoms with Crippen molar-refractivity contribution in [2.45, 2.75) is 20.8 Å². The maximum atomic E-state index is 11.8. The molecule has 0 saturated carbocycles. The van der Waals surface area contributed by atoms with Crippen LogP contribution >= 0.6 is 0 Å². The third-order valence-corrected chi connectivity index (χ3v) is 3.82. The number of nitrogens with zero attached hydrogens (tertiary/aromatic N) is 5. The van der Waals surface area contributed by atoms with Gasteiger partial charge in [-0.3, -0.25) is 0 Å². The maximum Gasteiger partial charge on any atom is 0.338 e. The van der Waals surface area contributed by atoms with E-state index in [9.17, 15) is 4.79 Å². The van der Waals surface area contributed by atoms with Crippen molar-refractivity contribution in [2.75, 3.05) is 29.9 Å². The summed E-state index contributed by atoms with van der Waals surface area (Å²) in [5, 5.41) is 10.7. The topological polar surface area (TPSA) is 106 Å². The van der Waals surface area contributed by atoms with Crippen molar-refractivity contribution < 1.29 is 14.2 Å². The van der Waals surface area contributed by atoms with Gasteiger partial charge in [-0.05, 0) is 55.4 Å². The van der Waals surface area contributed by atoms with Crippen molar-refractivity contribution in [3.63, 3.8) is 0 Å². The number of carbonyl (C=O) groups excluding carboxylic acids is 1. The summed E-state index contributed by atoms with van der Waals surface area (Å²) >= 11 is 0. The fraction of sp³-hybridized carbons (Fsp3) is 0.353. The van der Waals surface area contributed by atoms with E-state index in [0.717, 1.165) is 18.8 Å². The molecule has 0 aliphatic carbocycles. The van der Waals surface area contributed by atoms with E-state index < -0.39 is 0 Å². The highest BCUT2D eigenvalue weighted by Gasteiger charge is 2.17. The average Bonchev–Trinajstić information content (AvgIpc) is 3.11. The molecule has 0 unspecified atom stereocenters. The molecule has 0 atom stereocenters. The quantitative estimate of drug-likeness (QED) is 0.639. The molecule has 0 aliphatic rings. The van der Waals surface area contributed by atoms with Gasteiger partial charge in [0, 0.05) is 18.8 Å². The van der Waals surface area contributed by atoms with E-state index in [2.05, 4.69) is 30.5 Å². The van der Waals surface area contributed by atoms with Crippen LogP contribution in [0, 0.1) is 0 Å². The molecule has 0 radical (unpaired) electrons. The van der Waals surface area contributed by atoms with E-state index in [-0.39, 0.29) is 5.97 Å². The standard InChI is InChI=1S/C17H20N6O3/c1-4-23(5-2)16-15(19-13-14(20-16)22-26-21-13)18-12-9-7-11(8-10-12)17(24)25-6-3/h7-10H,4-6H2,1-3H3,(H,18,19,21). The molecule has 3 aromatic rings. The van der Waals surface area contributed by atoms with Gasteiger partial charge in [-0.1, -0.05) is 0 Å². The number of nitrogens with one attached hydrogen (secondary N) is 1. The largest absolute Gasteiger partial charge is 0.462 e. The predicted molar refractivity (Wildman–Crippen MR) is 96.6 cm³/mol. The SMILES string of the molecule is CCOC(=O)c1ccc(Nc2nc3nonc3nc2N(CC)CC)cc1. The minimum absolute atomic E-state index is 0.326. The second-order valence-corrected chi connectivity index (χ2v) is 5.40. The average molecular weight is 356 g/mol. The van der Waals surface area contributed by atoms with Crippen LogP contribution in [0.2, 0.25) is 0 Å². The van der Waals surface area contributed by atoms with Crippen molar-refractivity contribution >= 4 is 34.6 Å². The number of carbonyl (C=O) groups is 1. The third kappa shape index (κ3) is 3.56. The lowest BCUT2D eigenvalue weighted by Gasteiger charge is -2.22. The second-order valence-electron chi connectivity index (χ2n) is 5.40. The zero-order chi connectivity index (χ0) is 18.5. The van der Waals surface area contributed by atoms with Gasteiger partial charge in [-0.2, -0.15) is 0 Å². The summed E-state index contributed by atoms with van der Waals surface area (Å²) in [5.74, 6) is 0.853. The molecule has 1 N–H and O–H groups in total. The van der Waals surface area contributed by atoms with Crippen LogP contribution in [-0.4, -0.2) is 45.9 Å². The maximum absolute atomic E-state index is 11.8.